The molecule has 0 radical (unpaired) electrons. The van der Waals surface area contributed by atoms with Crippen molar-refractivity contribution in [2.24, 2.45) is 0 Å². The molecule has 4 aliphatic rings. The van der Waals surface area contributed by atoms with Crippen molar-refractivity contribution in [3.05, 3.63) is 0 Å². The molecule has 0 aromatic heterocycles. The predicted octanol–water partition coefficient (Wildman–Crippen LogP) is 1.75. The average molecular weight is 995 g/mol. The predicted molar refractivity (Wildman–Crippen MR) is 225 cm³/mol. The van der Waals surface area contributed by atoms with E-state index in [1.54, 1.807) is 0 Å². The van der Waals surface area contributed by atoms with Gasteiger partial charge in [0.15, 0.2) is 55.5 Å². The third kappa shape index (κ3) is 13.7. The maximum atomic E-state index is 12.9. The molecule has 24 nitrogen and oxygen atoms in total. The molecule has 25 heteroatoms. The Kier molecular flexibility index (Phi) is 19.1. The smallest absolute Gasteiger partial charge is 0.349 e. The van der Waals surface area contributed by atoms with Crippen LogP contribution in [0.3, 0.4) is 0 Å². The van der Waals surface area contributed by atoms with Crippen molar-refractivity contribution in [3.8, 4) is 0 Å². The molecule has 0 spiro atoms. The Morgan fingerprint density at radius 2 is 0.809 bits per heavy atom. The zero-order chi connectivity index (χ0) is 51.2. The van der Waals surface area contributed by atoms with Gasteiger partial charge in [0.1, 0.15) is 49.8 Å². The second-order valence-corrected chi connectivity index (χ2v) is 23.4. The maximum absolute atomic E-state index is 12.9. The van der Waals surface area contributed by atoms with Gasteiger partial charge in [-0.2, -0.15) is 0 Å². The first-order valence-electron chi connectivity index (χ1n) is 21.9. The lowest BCUT2D eigenvalue weighted by molar-refractivity contribution is -0.392. The van der Waals surface area contributed by atoms with Crippen molar-refractivity contribution in [1.82, 2.24) is 0 Å². The Bertz CT molecular complexity index is 1830. The van der Waals surface area contributed by atoms with Crippen LogP contribution < -0.4 is 0 Å². The van der Waals surface area contributed by atoms with Gasteiger partial charge in [0.05, 0.1) is 6.61 Å². The van der Waals surface area contributed by atoms with Crippen LogP contribution in [0.2, 0.25) is 10.1 Å². The van der Waals surface area contributed by atoms with Crippen LogP contribution in [0.25, 0.3) is 0 Å². The minimum Gasteiger partial charge on any atom is -0.463 e. The van der Waals surface area contributed by atoms with Gasteiger partial charge in [-0.05, 0) is 0 Å². The fourth-order valence-electron chi connectivity index (χ4n) is 8.89. The number of hydrogen-bond acceptors (Lipinski definition) is 24. The van der Waals surface area contributed by atoms with E-state index < -0.39 is 172 Å². The number of esters is 8. The molecule has 386 valence electrons. The summed E-state index contributed by atoms with van der Waals surface area (Å²) in [6.07, 6.45) is -23.2. The van der Waals surface area contributed by atoms with E-state index in [2.05, 4.69) is 0 Å². The van der Waals surface area contributed by atoms with E-state index in [0.717, 1.165) is 55.4 Å². The first-order chi connectivity index (χ1) is 31.5. The largest absolute Gasteiger partial charge is 0.463 e. The van der Waals surface area contributed by atoms with Crippen LogP contribution in [0.1, 0.15) is 96.9 Å². The zero-order valence-corrected chi connectivity index (χ0v) is 42.1. The van der Waals surface area contributed by atoms with Crippen molar-refractivity contribution >= 4 is 56.3 Å². The molecule has 0 N–H and O–H groups in total. The molecule has 4 rings (SSSR count). The van der Waals surface area contributed by atoms with Gasteiger partial charge in [-0.1, -0.05) is 41.5 Å². The average Bonchev–Trinajstić information content (AvgIpc) is 3.19. The van der Waals surface area contributed by atoms with Gasteiger partial charge in [-0.3, -0.25) is 38.4 Å². The molecule has 4 saturated heterocycles. The molecule has 0 aliphatic carbocycles. The number of methoxy groups -OCH3 is 1. The van der Waals surface area contributed by atoms with E-state index in [1.165, 1.54) is 7.11 Å². The van der Waals surface area contributed by atoms with E-state index in [9.17, 15) is 38.4 Å². The Labute approximate surface area is 395 Å². The summed E-state index contributed by atoms with van der Waals surface area (Å²) in [7, 11) is -2.23. The number of hydrogen-bond donors (Lipinski definition) is 0. The van der Waals surface area contributed by atoms with E-state index >= 15 is 0 Å². The molecule has 4 fully saturated rings. The molecule has 4 aliphatic heterocycles. The first-order valence-corrected chi connectivity index (χ1v) is 23.7. The molecule has 68 heavy (non-hydrogen) atoms. The highest BCUT2D eigenvalue weighted by Gasteiger charge is 2.67. The lowest BCUT2D eigenvalue weighted by atomic mass is 9.95. The highest BCUT2D eigenvalue weighted by atomic mass is 28.4. The number of carbonyl (C=O) groups excluding carboxylic acids is 8. The maximum Gasteiger partial charge on any atom is 0.349 e. The lowest BCUT2D eigenvalue weighted by Gasteiger charge is -2.58. The molecule has 4 heterocycles. The van der Waals surface area contributed by atoms with Gasteiger partial charge in [0.2, 0.25) is 0 Å². The van der Waals surface area contributed by atoms with Crippen molar-refractivity contribution in [2.75, 3.05) is 26.9 Å². The Morgan fingerprint density at radius 1 is 0.456 bits per heavy atom. The topological polar surface area (TPSA) is 284 Å². The lowest BCUT2D eigenvalue weighted by Crippen LogP contribution is -2.73. The van der Waals surface area contributed by atoms with Crippen LogP contribution in [0.5, 0.6) is 0 Å². The molecule has 0 saturated carbocycles. The monoisotopic (exact) mass is 994 g/mol. The molecular weight excluding hydrogens is 929 g/mol. The summed E-state index contributed by atoms with van der Waals surface area (Å²) in [5.41, 5.74) is 0. The molecule has 0 bridgehead atoms. The first kappa shape index (κ1) is 56.2. The SMILES string of the molecule is CO[C@@H]1O[C@@H]2CO[Si](C(C)(C)C)(C(C)(C)C)O[C@@H]2[C@H](O[C@@H]2O[C@H](COC(C)=O)[C@H](OC(C)=O)[C@H](OC(C)=O)[C@H]2OC(C)=O)[C@H]1O[C@@H]1O[C@H](COC(C)=O)[C@H](OC(C)=O)[C@H](OC(C)=O)[C@H]1OC(C)=O. The van der Waals surface area contributed by atoms with Gasteiger partial charge in [0, 0.05) is 72.6 Å². The summed E-state index contributed by atoms with van der Waals surface area (Å²) in [6.45, 7) is 19.1. The van der Waals surface area contributed by atoms with Gasteiger partial charge in [-0.25, -0.2) is 0 Å². The van der Waals surface area contributed by atoms with E-state index in [-0.39, 0.29) is 6.61 Å². The summed E-state index contributed by atoms with van der Waals surface area (Å²) >= 11 is 0. The minimum atomic E-state index is -3.51. The number of ether oxygens (including phenoxy) is 14. The normalized spacial score (nSPS) is 33.6. The standard InChI is InChI=1S/C43H66O24Si/c1-19(44)53-16-27-30(56-21(3)46)33(58-23(5)48)37(60-25(7)50)40(63-27)65-35-32-29(18-55-68(67-32,42(9,10)11)43(12,13)14)62-39(52-15)36(35)66-41-38(61-26(8)51)34(59-24(6)49)31(57-22(4)47)28(64-41)17-54-20(2)45/h27-41H,16-18H2,1-15H3/t27-,28-,29-,30+,31+,32+,33+,34+,35+,36-,37-,38-,39-,40+,41+/m1/s1. The summed E-state index contributed by atoms with van der Waals surface area (Å²) in [5, 5.41) is -1.30. The Hall–Kier alpha value is -4.34. The van der Waals surface area contributed by atoms with Crippen LogP contribution in [0.4, 0.5) is 0 Å². The molecule has 0 amide bonds. The van der Waals surface area contributed by atoms with E-state index in [0.29, 0.717) is 0 Å². The summed E-state index contributed by atoms with van der Waals surface area (Å²) < 4.78 is 97.1. The highest BCUT2D eigenvalue weighted by molar-refractivity contribution is 6.73. The fraction of sp³-hybridized carbons (Fsp3) is 0.814. The Morgan fingerprint density at radius 3 is 1.15 bits per heavy atom. The second-order valence-electron chi connectivity index (χ2n) is 18.6. The van der Waals surface area contributed by atoms with Crippen LogP contribution in [-0.4, -0.2) is 175 Å². The van der Waals surface area contributed by atoms with Gasteiger partial charge < -0.3 is 75.2 Å². The summed E-state index contributed by atoms with van der Waals surface area (Å²) in [4.78, 5) is 100. The van der Waals surface area contributed by atoms with Crippen molar-refractivity contribution < 1.29 is 114 Å². The molecule has 15 atom stereocenters. The van der Waals surface area contributed by atoms with E-state index in [1.807, 2.05) is 41.5 Å². The van der Waals surface area contributed by atoms with E-state index in [4.69, 9.17) is 75.2 Å². The van der Waals surface area contributed by atoms with Gasteiger partial charge in [-0.15, -0.1) is 0 Å². The molecular formula is C43H66O24Si. The summed E-state index contributed by atoms with van der Waals surface area (Å²) in [5.74, 6) is -6.87. The quantitative estimate of drug-likeness (QED) is 0.128. The van der Waals surface area contributed by atoms with Crippen LogP contribution >= 0.6 is 0 Å². The van der Waals surface area contributed by atoms with Gasteiger partial charge in [0.25, 0.3) is 0 Å². The highest BCUT2D eigenvalue weighted by Crippen LogP contribution is 2.55. The van der Waals surface area contributed by atoms with Gasteiger partial charge >= 0.3 is 56.3 Å². The minimum absolute atomic E-state index is 0.0739. The fourth-order valence-corrected chi connectivity index (χ4v) is 13.8. The van der Waals surface area contributed by atoms with Crippen LogP contribution in [0.15, 0.2) is 0 Å². The molecule has 0 unspecified atom stereocenters. The Balaban J connectivity index is 2.00. The second kappa shape index (κ2) is 23.0. The van der Waals surface area contributed by atoms with Crippen molar-refractivity contribution in [3.63, 3.8) is 0 Å². The number of rotatable bonds is 15. The zero-order valence-electron chi connectivity index (χ0n) is 41.1. The van der Waals surface area contributed by atoms with Crippen LogP contribution in [0, 0.1) is 0 Å². The number of carbonyl (C=O) groups is 8. The number of fused-ring (bicyclic) bond motifs is 1. The third-order valence-corrected chi connectivity index (χ3v) is 16.2. The van der Waals surface area contributed by atoms with Crippen molar-refractivity contribution in [1.29, 1.82) is 0 Å². The van der Waals surface area contributed by atoms with Crippen LogP contribution in [-0.2, 0) is 114 Å². The van der Waals surface area contributed by atoms with Crippen molar-refractivity contribution in [2.45, 2.75) is 199 Å². The molecule has 0 aromatic carbocycles. The molecule has 0 aromatic rings. The third-order valence-electron chi connectivity index (χ3n) is 11.0. The summed E-state index contributed by atoms with van der Waals surface area (Å²) in [6, 6.07) is 0.